The molecule has 3 heterocycles. The van der Waals surface area contributed by atoms with Crippen molar-refractivity contribution in [1.29, 1.82) is 0 Å². The van der Waals surface area contributed by atoms with E-state index in [4.69, 9.17) is 0 Å². The summed E-state index contributed by atoms with van der Waals surface area (Å²) >= 11 is 0. The third kappa shape index (κ3) is 2.27. The molecule has 21 heavy (non-hydrogen) atoms. The molecule has 0 spiro atoms. The minimum absolute atomic E-state index is 0.241. The Morgan fingerprint density at radius 3 is 2.95 bits per heavy atom. The van der Waals surface area contributed by atoms with Crippen molar-refractivity contribution in [2.75, 3.05) is 11.4 Å². The summed E-state index contributed by atoms with van der Waals surface area (Å²) in [5.41, 5.74) is 4.46. The summed E-state index contributed by atoms with van der Waals surface area (Å²) in [4.78, 5) is 6.93. The van der Waals surface area contributed by atoms with E-state index >= 15 is 0 Å². The normalized spacial score (nSPS) is 14.4. The summed E-state index contributed by atoms with van der Waals surface area (Å²) in [6.45, 7) is 1.81. The fourth-order valence-corrected chi connectivity index (χ4v) is 3.06. The van der Waals surface area contributed by atoms with E-state index in [0.717, 1.165) is 30.9 Å². The average Bonchev–Trinajstić information content (AvgIpc) is 2.89. The number of anilines is 1. The van der Waals surface area contributed by atoms with Gasteiger partial charge in [-0.3, -0.25) is 0 Å². The Bertz CT molecular complexity index is 794. The number of halogens is 1. The molecule has 0 bridgehead atoms. The Hall–Kier alpha value is -2.36. The monoisotopic (exact) mass is 281 g/mol. The summed E-state index contributed by atoms with van der Waals surface area (Å²) in [6, 6.07) is 11.7. The maximum atomic E-state index is 13.2. The zero-order chi connectivity index (χ0) is 14.2. The third-order valence-electron chi connectivity index (χ3n) is 4.02. The van der Waals surface area contributed by atoms with Gasteiger partial charge in [-0.05, 0) is 36.6 Å². The second kappa shape index (κ2) is 4.88. The van der Waals surface area contributed by atoms with E-state index < -0.39 is 0 Å². The third-order valence-corrected chi connectivity index (χ3v) is 4.02. The Morgan fingerprint density at radius 1 is 1.10 bits per heavy atom. The van der Waals surface area contributed by atoms with Gasteiger partial charge in [0, 0.05) is 24.6 Å². The average molecular weight is 281 g/mol. The lowest BCUT2D eigenvalue weighted by molar-refractivity contribution is 0.619. The van der Waals surface area contributed by atoms with Crippen LogP contribution in [0.4, 0.5) is 10.1 Å². The minimum Gasteiger partial charge on any atom is -0.365 e. The van der Waals surface area contributed by atoms with Crippen LogP contribution >= 0.6 is 0 Å². The van der Waals surface area contributed by atoms with E-state index in [2.05, 4.69) is 34.1 Å². The molecule has 3 aromatic rings. The van der Waals surface area contributed by atoms with Crippen LogP contribution in [0.25, 0.3) is 5.65 Å². The molecule has 1 aromatic carbocycles. The molecule has 0 aliphatic carbocycles. The summed E-state index contributed by atoms with van der Waals surface area (Å²) < 4.78 is 15.0. The van der Waals surface area contributed by atoms with Crippen molar-refractivity contribution in [1.82, 2.24) is 9.38 Å². The highest BCUT2D eigenvalue weighted by molar-refractivity contribution is 5.55. The van der Waals surface area contributed by atoms with Gasteiger partial charge in [0.1, 0.15) is 11.5 Å². The second-order valence-electron chi connectivity index (χ2n) is 5.50. The van der Waals surface area contributed by atoms with Crippen molar-refractivity contribution in [3.8, 4) is 0 Å². The SMILES string of the molecule is Fc1ccc2nc(CN3CCCc4ccccc43)cn2c1. The maximum absolute atomic E-state index is 13.2. The molecule has 0 N–H and O–H groups in total. The van der Waals surface area contributed by atoms with E-state index in [1.807, 2.05) is 6.20 Å². The van der Waals surface area contributed by atoms with Crippen molar-refractivity contribution in [2.24, 2.45) is 0 Å². The molecule has 1 aliphatic rings. The van der Waals surface area contributed by atoms with Gasteiger partial charge in [-0.25, -0.2) is 9.37 Å². The number of hydrogen-bond acceptors (Lipinski definition) is 2. The maximum Gasteiger partial charge on any atom is 0.139 e. The first kappa shape index (κ1) is 12.4. The highest BCUT2D eigenvalue weighted by atomic mass is 19.1. The molecule has 4 rings (SSSR count). The van der Waals surface area contributed by atoms with Crippen molar-refractivity contribution in [3.05, 3.63) is 65.9 Å². The Kier molecular flexibility index (Phi) is 2.88. The fourth-order valence-electron chi connectivity index (χ4n) is 3.06. The van der Waals surface area contributed by atoms with E-state index in [-0.39, 0.29) is 5.82 Å². The molecule has 3 nitrogen and oxygen atoms in total. The molecule has 0 unspecified atom stereocenters. The van der Waals surface area contributed by atoms with Crippen molar-refractivity contribution >= 4 is 11.3 Å². The zero-order valence-corrected chi connectivity index (χ0v) is 11.7. The number of hydrogen-bond donors (Lipinski definition) is 0. The van der Waals surface area contributed by atoms with Crippen LogP contribution in [-0.2, 0) is 13.0 Å². The van der Waals surface area contributed by atoms with E-state index in [1.165, 1.54) is 29.9 Å². The van der Waals surface area contributed by atoms with Gasteiger partial charge in [-0.2, -0.15) is 0 Å². The predicted octanol–water partition coefficient (Wildman–Crippen LogP) is 3.43. The lowest BCUT2D eigenvalue weighted by Gasteiger charge is -2.30. The molecule has 0 radical (unpaired) electrons. The van der Waals surface area contributed by atoms with E-state index in [1.54, 1.807) is 10.5 Å². The molecule has 106 valence electrons. The number of rotatable bonds is 2. The highest BCUT2D eigenvalue weighted by Crippen LogP contribution is 2.27. The number of benzene rings is 1. The van der Waals surface area contributed by atoms with Crippen molar-refractivity contribution < 1.29 is 4.39 Å². The zero-order valence-electron chi connectivity index (χ0n) is 11.7. The summed E-state index contributed by atoms with van der Waals surface area (Å²) in [6.07, 6.45) is 5.69. The minimum atomic E-state index is -0.241. The Balaban J connectivity index is 1.66. The molecule has 0 saturated carbocycles. The smallest absolute Gasteiger partial charge is 0.139 e. The van der Waals surface area contributed by atoms with Gasteiger partial charge < -0.3 is 9.30 Å². The van der Waals surface area contributed by atoms with Crippen LogP contribution in [0.5, 0.6) is 0 Å². The van der Waals surface area contributed by atoms with Gasteiger partial charge in [0.2, 0.25) is 0 Å². The molecular weight excluding hydrogens is 265 g/mol. The number of pyridine rings is 1. The van der Waals surface area contributed by atoms with Crippen LogP contribution in [0.2, 0.25) is 0 Å². The number of imidazole rings is 1. The largest absolute Gasteiger partial charge is 0.365 e. The number of para-hydroxylation sites is 1. The van der Waals surface area contributed by atoms with Crippen LogP contribution < -0.4 is 4.90 Å². The summed E-state index contributed by atoms with van der Waals surface area (Å²) in [5, 5.41) is 0. The molecule has 0 saturated heterocycles. The van der Waals surface area contributed by atoms with Crippen LogP contribution in [0.15, 0.2) is 48.8 Å². The molecule has 0 atom stereocenters. The Labute approximate surface area is 122 Å². The highest BCUT2D eigenvalue weighted by Gasteiger charge is 2.17. The standard InChI is InChI=1S/C17H16FN3/c18-14-7-8-17-19-15(12-21(17)10-14)11-20-9-3-5-13-4-1-2-6-16(13)20/h1-2,4,6-8,10,12H,3,5,9,11H2. The molecule has 2 aromatic heterocycles. The topological polar surface area (TPSA) is 20.5 Å². The van der Waals surface area contributed by atoms with Crippen LogP contribution in [-0.4, -0.2) is 15.9 Å². The van der Waals surface area contributed by atoms with Gasteiger partial charge in [-0.1, -0.05) is 18.2 Å². The quantitative estimate of drug-likeness (QED) is 0.717. The molecule has 4 heteroatoms. The first-order valence-corrected chi connectivity index (χ1v) is 7.25. The molecule has 0 amide bonds. The van der Waals surface area contributed by atoms with Gasteiger partial charge in [-0.15, -0.1) is 0 Å². The van der Waals surface area contributed by atoms with Gasteiger partial charge in [0.15, 0.2) is 0 Å². The van der Waals surface area contributed by atoms with Crippen molar-refractivity contribution in [3.63, 3.8) is 0 Å². The number of nitrogens with zero attached hydrogens (tertiary/aromatic N) is 3. The van der Waals surface area contributed by atoms with Gasteiger partial charge in [0.25, 0.3) is 0 Å². The Morgan fingerprint density at radius 2 is 2.00 bits per heavy atom. The van der Waals surface area contributed by atoms with E-state index in [9.17, 15) is 4.39 Å². The number of aromatic nitrogens is 2. The van der Waals surface area contributed by atoms with Gasteiger partial charge in [0.05, 0.1) is 12.2 Å². The molecule has 0 fully saturated rings. The number of aryl methyl sites for hydroxylation is 1. The lowest BCUT2D eigenvalue weighted by atomic mass is 10.0. The first-order valence-electron chi connectivity index (χ1n) is 7.25. The van der Waals surface area contributed by atoms with Crippen LogP contribution in [0.1, 0.15) is 17.7 Å². The fraction of sp³-hybridized carbons (Fsp3) is 0.235. The van der Waals surface area contributed by atoms with E-state index in [0.29, 0.717) is 0 Å². The van der Waals surface area contributed by atoms with Crippen LogP contribution in [0, 0.1) is 5.82 Å². The van der Waals surface area contributed by atoms with Crippen LogP contribution in [0.3, 0.4) is 0 Å². The van der Waals surface area contributed by atoms with Gasteiger partial charge >= 0.3 is 0 Å². The molecule has 1 aliphatic heterocycles. The second-order valence-corrected chi connectivity index (χ2v) is 5.50. The summed E-state index contributed by atoms with van der Waals surface area (Å²) in [5.74, 6) is -0.241. The van der Waals surface area contributed by atoms with Crippen molar-refractivity contribution in [2.45, 2.75) is 19.4 Å². The lowest BCUT2D eigenvalue weighted by Crippen LogP contribution is -2.28. The summed E-state index contributed by atoms with van der Waals surface area (Å²) in [7, 11) is 0. The molecular formula is C17H16FN3. The first-order chi connectivity index (χ1) is 10.3. The predicted molar refractivity (Wildman–Crippen MR) is 81.0 cm³/mol. The number of fused-ring (bicyclic) bond motifs is 2.